The van der Waals surface area contributed by atoms with Gasteiger partial charge in [0.25, 0.3) is 0 Å². The molecule has 1 atom stereocenters. The number of anilines is 1. The molecule has 4 rings (SSSR count). The number of carbonyl (C=O) groups is 1. The Bertz CT molecular complexity index is 892. The number of ether oxygens (including phenoxy) is 1. The molecule has 146 valence electrons. The summed E-state index contributed by atoms with van der Waals surface area (Å²) in [5, 5.41) is 2.95. The zero-order valence-corrected chi connectivity index (χ0v) is 16.0. The van der Waals surface area contributed by atoms with Crippen LogP contribution in [0.15, 0.2) is 48.5 Å². The quantitative estimate of drug-likeness (QED) is 0.759. The zero-order chi connectivity index (χ0) is 19.5. The van der Waals surface area contributed by atoms with E-state index in [1.807, 2.05) is 19.1 Å². The second kappa shape index (κ2) is 8.05. The van der Waals surface area contributed by atoms with E-state index in [2.05, 4.69) is 16.3 Å². The van der Waals surface area contributed by atoms with Crippen molar-refractivity contribution < 1.29 is 13.9 Å². The van der Waals surface area contributed by atoms with Crippen LogP contribution in [0.4, 0.5) is 10.1 Å². The van der Waals surface area contributed by atoms with Crippen LogP contribution in [0.1, 0.15) is 36.9 Å². The van der Waals surface area contributed by atoms with E-state index in [0.717, 1.165) is 36.0 Å². The third-order valence-electron chi connectivity index (χ3n) is 5.30. The topological polar surface area (TPSA) is 41.6 Å². The summed E-state index contributed by atoms with van der Waals surface area (Å²) in [4.78, 5) is 14.7. The van der Waals surface area contributed by atoms with Gasteiger partial charge in [0.2, 0.25) is 5.91 Å². The van der Waals surface area contributed by atoms with Crippen molar-refractivity contribution in [3.05, 3.63) is 65.5 Å². The maximum atomic E-state index is 13.7. The monoisotopic (exact) mass is 380 g/mol. The first kappa shape index (κ1) is 18.5. The predicted molar refractivity (Wildman–Crippen MR) is 109 cm³/mol. The standard InChI is InChI=1S/C23H25FN2O2/c1-16(25-23(27)11-9-18-4-2-3-5-20(18)24)19-8-10-22-21(14-19)26(12-13-28-22)15-17-6-7-17/h2-5,8-11,14,16-17H,6-7,12-13,15H2,1H3,(H,25,27)/b11-9-/t16-/m0/s1. The van der Waals surface area contributed by atoms with Gasteiger partial charge in [-0.3, -0.25) is 4.79 Å². The van der Waals surface area contributed by atoms with Crippen LogP contribution in [0, 0.1) is 11.7 Å². The highest BCUT2D eigenvalue weighted by molar-refractivity contribution is 5.92. The number of rotatable bonds is 6. The third kappa shape index (κ3) is 4.35. The molecule has 0 saturated heterocycles. The number of benzene rings is 2. The summed E-state index contributed by atoms with van der Waals surface area (Å²) in [6.45, 7) is 4.64. The second-order valence-electron chi connectivity index (χ2n) is 7.55. The first-order valence-corrected chi connectivity index (χ1v) is 9.85. The Labute approximate surface area is 165 Å². The maximum absolute atomic E-state index is 13.7. The fourth-order valence-electron chi connectivity index (χ4n) is 3.48. The lowest BCUT2D eigenvalue weighted by Gasteiger charge is -2.32. The minimum absolute atomic E-state index is 0.159. The SMILES string of the molecule is C[C@H](NC(=O)/C=C\c1ccccc1F)c1ccc2c(c1)N(CC1CC1)CCO2. The number of hydrogen-bond donors (Lipinski definition) is 1. The molecule has 0 bridgehead atoms. The van der Waals surface area contributed by atoms with Gasteiger partial charge >= 0.3 is 0 Å². The van der Waals surface area contributed by atoms with E-state index in [1.54, 1.807) is 18.2 Å². The lowest BCUT2D eigenvalue weighted by molar-refractivity contribution is -0.117. The van der Waals surface area contributed by atoms with Crippen molar-refractivity contribution in [2.75, 3.05) is 24.6 Å². The average Bonchev–Trinajstić information content (AvgIpc) is 3.51. The Hall–Kier alpha value is -2.82. The maximum Gasteiger partial charge on any atom is 0.244 e. The molecule has 2 aliphatic rings. The van der Waals surface area contributed by atoms with E-state index >= 15 is 0 Å². The lowest BCUT2D eigenvalue weighted by atomic mass is 10.1. The molecule has 1 heterocycles. The Morgan fingerprint density at radius 3 is 2.93 bits per heavy atom. The van der Waals surface area contributed by atoms with Gasteiger partial charge in [0.1, 0.15) is 18.2 Å². The van der Waals surface area contributed by atoms with E-state index in [9.17, 15) is 9.18 Å². The highest BCUT2D eigenvalue weighted by Crippen LogP contribution is 2.38. The zero-order valence-electron chi connectivity index (χ0n) is 16.0. The molecule has 4 nitrogen and oxygen atoms in total. The highest BCUT2D eigenvalue weighted by atomic mass is 19.1. The summed E-state index contributed by atoms with van der Waals surface area (Å²) in [5.74, 6) is 1.12. The lowest BCUT2D eigenvalue weighted by Crippen LogP contribution is -2.34. The molecule has 5 heteroatoms. The van der Waals surface area contributed by atoms with E-state index in [1.165, 1.54) is 31.1 Å². The summed E-state index contributed by atoms with van der Waals surface area (Å²) in [5.41, 5.74) is 2.53. The van der Waals surface area contributed by atoms with E-state index in [4.69, 9.17) is 4.74 Å². The Balaban J connectivity index is 1.43. The van der Waals surface area contributed by atoms with Gasteiger partial charge in [0, 0.05) is 18.2 Å². The average molecular weight is 380 g/mol. The number of fused-ring (bicyclic) bond motifs is 1. The first-order valence-electron chi connectivity index (χ1n) is 9.85. The molecule has 0 spiro atoms. The van der Waals surface area contributed by atoms with Crippen LogP contribution in [-0.4, -0.2) is 25.6 Å². The van der Waals surface area contributed by atoms with Crippen molar-refractivity contribution in [3.8, 4) is 5.75 Å². The second-order valence-corrected chi connectivity index (χ2v) is 7.55. The first-order chi connectivity index (χ1) is 13.6. The Morgan fingerprint density at radius 1 is 1.32 bits per heavy atom. The van der Waals surface area contributed by atoms with Gasteiger partial charge in [-0.15, -0.1) is 0 Å². The van der Waals surface area contributed by atoms with Crippen LogP contribution in [0.3, 0.4) is 0 Å². The van der Waals surface area contributed by atoms with Crippen LogP contribution in [0.5, 0.6) is 5.75 Å². The fourth-order valence-corrected chi connectivity index (χ4v) is 3.48. The number of amides is 1. The number of nitrogens with zero attached hydrogens (tertiary/aromatic N) is 1. The molecule has 1 fully saturated rings. The molecule has 1 saturated carbocycles. The Morgan fingerprint density at radius 2 is 2.14 bits per heavy atom. The van der Waals surface area contributed by atoms with E-state index in [0.29, 0.717) is 12.2 Å². The smallest absolute Gasteiger partial charge is 0.244 e. The molecular formula is C23H25FN2O2. The van der Waals surface area contributed by atoms with Crippen LogP contribution in [-0.2, 0) is 4.79 Å². The normalized spacial score (nSPS) is 17.1. The van der Waals surface area contributed by atoms with E-state index < -0.39 is 0 Å². The van der Waals surface area contributed by atoms with Gasteiger partial charge in [0.15, 0.2) is 0 Å². The minimum Gasteiger partial charge on any atom is -0.490 e. The van der Waals surface area contributed by atoms with Gasteiger partial charge in [0.05, 0.1) is 18.3 Å². The molecule has 2 aromatic rings. The fraction of sp³-hybridized carbons (Fsp3) is 0.348. The molecule has 0 aromatic heterocycles. The number of hydrogen-bond acceptors (Lipinski definition) is 3. The summed E-state index contributed by atoms with van der Waals surface area (Å²) in [6.07, 6.45) is 5.49. The summed E-state index contributed by atoms with van der Waals surface area (Å²) in [7, 11) is 0. The molecule has 1 amide bonds. The molecule has 28 heavy (non-hydrogen) atoms. The van der Waals surface area contributed by atoms with Crippen molar-refractivity contribution >= 4 is 17.7 Å². The summed E-state index contributed by atoms with van der Waals surface area (Å²) < 4.78 is 19.5. The molecule has 1 N–H and O–H groups in total. The van der Waals surface area contributed by atoms with Crippen molar-refractivity contribution in [1.82, 2.24) is 5.32 Å². The number of halogens is 1. The molecule has 0 radical (unpaired) electrons. The van der Waals surface area contributed by atoms with Crippen LogP contribution >= 0.6 is 0 Å². The summed E-state index contributed by atoms with van der Waals surface area (Å²) >= 11 is 0. The predicted octanol–water partition coefficient (Wildman–Crippen LogP) is 4.33. The van der Waals surface area contributed by atoms with Gasteiger partial charge in [-0.05, 0) is 55.5 Å². The molecule has 1 aliphatic heterocycles. The Kier molecular flexibility index (Phi) is 5.33. The number of nitrogens with one attached hydrogen (secondary N) is 1. The molecule has 0 unspecified atom stereocenters. The van der Waals surface area contributed by atoms with Crippen LogP contribution in [0.25, 0.3) is 6.08 Å². The summed E-state index contributed by atoms with van der Waals surface area (Å²) in [6, 6.07) is 12.3. The number of carbonyl (C=O) groups excluding carboxylic acids is 1. The highest BCUT2D eigenvalue weighted by Gasteiger charge is 2.27. The van der Waals surface area contributed by atoms with Crippen molar-refractivity contribution in [2.45, 2.75) is 25.8 Å². The van der Waals surface area contributed by atoms with Crippen LogP contribution < -0.4 is 15.0 Å². The van der Waals surface area contributed by atoms with Gasteiger partial charge in [-0.25, -0.2) is 4.39 Å². The van der Waals surface area contributed by atoms with Gasteiger partial charge in [-0.1, -0.05) is 24.3 Å². The third-order valence-corrected chi connectivity index (χ3v) is 5.30. The largest absolute Gasteiger partial charge is 0.490 e. The van der Waals surface area contributed by atoms with Gasteiger partial charge in [-0.2, -0.15) is 0 Å². The van der Waals surface area contributed by atoms with Crippen molar-refractivity contribution in [1.29, 1.82) is 0 Å². The van der Waals surface area contributed by atoms with E-state index in [-0.39, 0.29) is 17.8 Å². The van der Waals surface area contributed by atoms with Crippen molar-refractivity contribution in [3.63, 3.8) is 0 Å². The molecule has 1 aliphatic carbocycles. The molecule has 2 aromatic carbocycles. The van der Waals surface area contributed by atoms with Crippen molar-refractivity contribution in [2.24, 2.45) is 5.92 Å². The molecular weight excluding hydrogens is 355 g/mol. The van der Waals surface area contributed by atoms with Crippen LogP contribution in [0.2, 0.25) is 0 Å². The van der Waals surface area contributed by atoms with Gasteiger partial charge < -0.3 is 15.0 Å². The minimum atomic E-state index is -0.343.